The zero-order valence-electron chi connectivity index (χ0n) is 22.4. The van der Waals surface area contributed by atoms with Crippen molar-refractivity contribution in [2.45, 2.75) is 51.5 Å². The highest BCUT2D eigenvalue weighted by Gasteiger charge is 2.10. The Bertz CT molecular complexity index is 904. The maximum absolute atomic E-state index is 8.25. The second kappa shape index (κ2) is 22.5. The van der Waals surface area contributed by atoms with E-state index >= 15 is 0 Å². The normalized spacial score (nSPS) is 10.9. The zero-order valence-corrected chi connectivity index (χ0v) is 22.4. The van der Waals surface area contributed by atoms with Gasteiger partial charge >= 0.3 is 0 Å². The van der Waals surface area contributed by atoms with Crippen LogP contribution in [0.25, 0.3) is 0 Å². The SMILES string of the molecule is NCCCCCO.NCCCc1ccccc1.NCCc1ccccc1.NCc1ccc2c(c1)OCC2. The average Bonchev–Trinajstić information content (AvgIpc) is 3.43. The van der Waals surface area contributed by atoms with Crippen LogP contribution in [0.4, 0.5) is 0 Å². The van der Waals surface area contributed by atoms with Crippen LogP contribution < -0.4 is 27.7 Å². The topological polar surface area (TPSA) is 134 Å². The van der Waals surface area contributed by atoms with E-state index in [4.69, 9.17) is 32.8 Å². The molecule has 9 N–H and O–H groups in total. The van der Waals surface area contributed by atoms with Crippen LogP contribution in [0.2, 0.25) is 0 Å². The van der Waals surface area contributed by atoms with Gasteiger partial charge in [-0.3, -0.25) is 0 Å². The number of aryl methyl sites for hydroxylation is 1. The van der Waals surface area contributed by atoms with Crippen molar-refractivity contribution in [1.82, 2.24) is 0 Å². The molecule has 0 spiro atoms. The van der Waals surface area contributed by atoms with Crippen LogP contribution in [0.3, 0.4) is 0 Å². The first-order chi connectivity index (χ1) is 18.2. The molecule has 0 bridgehead atoms. The van der Waals surface area contributed by atoms with Crippen molar-refractivity contribution in [2.24, 2.45) is 22.9 Å². The van der Waals surface area contributed by atoms with Gasteiger partial charge in [0.25, 0.3) is 0 Å². The van der Waals surface area contributed by atoms with E-state index in [0.29, 0.717) is 13.2 Å². The average molecular weight is 509 g/mol. The van der Waals surface area contributed by atoms with Gasteiger partial charge in [0.1, 0.15) is 5.75 Å². The molecule has 4 rings (SSSR count). The minimum Gasteiger partial charge on any atom is -0.493 e. The number of benzene rings is 3. The monoisotopic (exact) mass is 508 g/mol. The number of aliphatic hydroxyl groups is 1. The molecule has 0 aromatic heterocycles. The van der Waals surface area contributed by atoms with Gasteiger partial charge in [-0.1, -0.05) is 72.8 Å². The molecule has 6 nitrogen and oxygen atoms in total. The summed E-state index contributed by atoms with van der Waals surface area (Å²) < 4.78 is 5.39. The van der Waals surface area contributed by atoms with Gasteiger partial charge in [-0.2, -0.15) is 0 Å². The van der Waals surface area contributed by atoms with Crippen LogP contribution in [0.1, 0.15) is 47.9 Å². The van der Waals surface area contributed by atoms with Crippen LogP contribution >= 0.6 is 0 Å². The summed E-state index contributed by atoms with van der Waals surface area (Å²) in [6, 6.07) is 26.9. The number of hydrogen-bond acceptors (Lipinski definition) is 6. The third kappa shape index (κ3) is 15.9. The second-order valence-corrected chi connectivity index (χ2v) is 8.72. The molecular weight excluding hydrogens is 460 g/mol. The van der Waals surface area contributed by atoms with E-state index in [9.17, 15) is 0 Å². The minimum atomic E-state index is 0.306. The Labute approximate surface area is 224 Å². The second-order valence-electron chi connectivity index (χ2n) is 8.72. The number of fused-ring (bicyclic) bond motifs is 1. The van der Waals surface area contributed by atoms with E-state index in [1.807, 2.05) is 30.3 Å². The van der Waals surface area contributed by atoms with Crippen molar-refractivity contribution in [3.05, 3.63) is 101 Å². The van der Waals surface area contributed by atoms with Gasteiger partial charge in [0, 0.05) is 19.6 Å². The lowest BCUT2D eigenvalue weighted by molar-refractivity contribution is 0.283. The highest BCUT2D eigenvalue weighted by molar-refractivity contribution is 5.39. The summed E-state index contributed by atoms with van der Waals surface area (Å²) in [5, 5.41) is 8.25. The minimum absolute atomic E-state index is 0.306. The van der Waals surface area contributed by atoms with Gasteiger partial charge in [-0.05, 0) is 86.5 Å². The maximum Gasteiger partial charge on any atom is 0.122 e. The largest absolute Gasteiger partial charge is 0.493 e. The Kier molecular flexibility index (Phi) is 19.6. The lowest BCUT2D eigenvalue weighted by Crippen LogP contribution is -2.01. The number of nitrogens with two attached hydrogens (primary N) is 4. The molecule has 0 aliphatic carbocycles. The smallest absolute Gasteiger partial charge is 0.122 e. The van der Waals surface area contributed by atoms with Crippen LogP contribution in [0.5, 0.6) is 5.75 Å². The van der Waals surface area contributed by atoms with Crippen LogP contribution in [0.15, 0.2) is 78.9 Å². The molecular formula is C31H48N4O2. The molecule has 0 saturated carbocycles. The van der Waals surface area contributed by atoms with Crippen molar-refractivity contribution in [3.8, 4) is 5.75 Å². The van der Waals surface area contributed by atoms with Crippen molar-refractivity contribution in [2.75, 3.05) is 32.8 Å². The van der Waals surface area contributed by atoms with Gasteiger partial charge in [-0.15, -0.1) is 0 Å². The van der Waals surface area contributed by atoms with Crippen LogP contribution in [0, 0.1) is 0 Å². The number of unbranched alkanes of at least 4 members (excludes halogenated alkanes) is 2. The molecule has 0 fully saturated rings. The summed E-state index contributed by atoms with van der Waals surface area (Å²) in [4.78, 5) is 0. The molecule has 0 radical (unpaired) electrons. The number of aliphatic hydroxyl groups excluding tert-OH is 1. The summed E-state index contributed by atoms with van der Waals surface area (Å²) in [6.07, 6.45) is 7.23. The predicted octanol–water partition coefficient (Wildman–Crippen LogP) is 3.95. The zero-order chi connectivity index (χ0) is 27.0. The van der Waals surface area contributed by atoms with Gasteiger partial charge in [0.05, 0.1) is 6.61 Å². The lowest BCUT2D eigenvalue weighted by atomic mass is 10.1. The van der Waals surface area contributed by atoms with Gasteiger partial charge in [0.2, 0.25) is 0 Å². The maximum atomic E-state index is 8.25. The molecule has 1 heterocycles. The molecule has 0 amide bonds. The summed E-state index contributed by atoms with van der Waals surface area (Å²) in [6.45, 7) is 4.00. The fourth-order valence-corrected chi connectivity index (χ4v) is 3.53. The molecule has 1 aliphatic heterocycles. The predicted molar refractivity (Wildman–Crippen MR) is 157 cm³/mol. The quantitative estimate of drug-likeness (QED) is 0.263. The summed E-state index contributed by atoms with van der Waals surface area (Å²) >= 11 is 0. The molecule has 204 valence electrons. The Morgan fingerprint density at radius 1 is 0.622 bits per heavy atom. The highest BCUT2D eigenvalue weighted by atomic mass is 16.5. The molecule has 37 heavy (non-hydrogen) atoms. The number of ether oxygens (including phenoxy) is 1. The van der Waals surface area contributed by atoms with E-state index in [1.54, 1.807) is 0 Å². The number of hydrogen-bond donors (Lipinski definition) is 5. The molecule has 1 aliphatic rings. The number of rotatable bonds is 10. The lowest BCUT2D eigenvalue weighted by Gasteiger charge is -2.00. The first-order valence-electron chi connectivity index (χ1n) is 13.4. The molecule has 0 atom stereocenters. The third-order valence-electron chi connectivity index (χ3n) is 5.65. The van der Waals surface area contributed by atoms with Gasteiger partial charge in [-0.25, -0.2) is 0 Å². The first kappa shape index (κ1) is 32.3. The summed E-state index contributed by atoms with van der Waals surface area (Å²) in [7, 11) is 0. The van der Waals surface area contributed by atoms with E-state index in [2.05, 4.69) is 48.5 Å². The molecule has 3 aromatic carbocycles. The fourth-order valence-electron chi connectivity index (χ4n) is 3.53. The summed E-state index contributed by atoms with van der Waals surface area (Å²) in [5.74, 6) is 1.02. The first-order valence-corrected chi connectivity index (χ1v) is 13.4. The Morgan fingerprint density at radius 2 is 1.24 bits per heavy atom. The van der Waals surface area contributed by atoms with Gasteiger partial charge < -0.3 is 32.8 Å². The van der Waals surface area contributed by atoms with E-state index in [0.717, 1.165) is 82.5 Å². The Morgan fingerprint density at radius 3 is 1.78 bits per heavy atom. The Balaban J connectivity index is 0.000000250. The highest BCUT2D eigenvalue weighted by Crippen LogP contribution is 2.25. The molecule has 0 unspecified atom stereocenters. The van der Waals surface area contributed by atoms with Crippen LogP contribution in [-0.4, -0.2) is 38.0 Å². The van der Waals surface area contributed by atoms with Crippen molar-refractivity contribution >= 4 is 0 Å². The van der Waals surface area contributed by atoms with Crippen molar-refractivity contribution in [1.29, 1.82) is 0 Å². The molecule has 3 aromatic rings. The Hall–Kier alpha value is -2.74. The molecule has 0 saturated heterocycles. The molecule has 6 heteroatoms. The van der Waals surface area contributed by atoms with Gasteiger partial charge in [0.15, 0.2) is 0 Å². The van der Waals surface area contributed by atoms with Crippen molar-refractivity contribution in [3.63, 3.8) is 0 Å². The third-order valence-corrected chi connectivity index (χ3v) is 5.65. The van der Waals surface area contributed by atoms with Crippen molar-refractivity contribution < 1.29 is 9.84 Å². The van der Waals surface area contributed by atoms with Crippen LogP contribution in [-0.2, 0) is 25.8 Å². The van der Waals surface area contributed by atoms with E-state index in [-0.39, 0.29) is 0 Å². The summed E-state index contributed by atoms with van der Waals surface area (Å²) in [5.41, 5.74) is 26.6. The standard InChI is InChI=1S/C9H11NO.C9H13N.C8H11N.C5H13NO/c10-6-7-1-2-8-3-4-11-9(8)5-7;10-8-4-7-9-5-2-1-3-6-9;9-7-6-8-4-2-1-3-5-8;6-4-2-1-3-5-7/h1-2,5H,3-4,6,10H2;1-3,5-6H,4,7-8,10H2;1-5H,6-7,9H2;7H,1-6H2. The van der Waals surface area contributed by atoms with E-state index < -0.39 is 0 Å². The fraction of sp³-hybridized carbons (Fsp3) is 0.419. The van der Waals surface area contributed by atoms with E-state index in [1.165, 1.54) is 16.7 Å².